The molecule has 0 saturated heterocycles. The van der Waals surface area contributed by atoms with E-state index in [0.717, 1.165) is 11.1 Å². The summed E-state index contributed by atoms with van der Waals surface area (Å²) in [4.78, 5) is 12.5. The molecule has 6 heteroatoms. The second-order valence-electron chi connectivity index (χ2n) is 5.08. The summed E-state index contributed by atoms with van der Waals surface area (Å²) in [6, 6.07) is 13.7. The summed E-state index contributed by atoms with van der Waals surface area (Å²) in [6.45, 7) is 3.88. The van der Waals surface area contributed by atoms with Crippen LogP contribution in [0.5, 0.6) is 0 Å². The zero-order valence-corrected chi connectivity index (χ0v) is 13.7. The SMILES string of the molecule is Cc1ccccc1C(C)NC(=O)Nc1cccc(SC(F)F)c1. The molecule has 0 aliphatic heterocycles. The fourth-order valence-electron chi connectivity index (χ4n) is 2.26. The molecule has 2 aromatic rings. The molecule has 1 unspecified atom stereocenters. The number of nitrogens with one attached hydrogen (secondary N) is 2. The minimum absolute atomic E-state index is 0.158. The average Bonchev–Trinajstić information content (AvgIpc) is 2.47. The molecule has 2 N–H and O–H groups in total. The highest BCUT2D eigenvalue weighted by molar-refractivity contribution is 7.99. The van der Waals surface area contributed by atoms with Gasteiger partial charge in [0.25, 0.3) is 5.76 Å². The van der Waals surface area contributed by atoms with Gasteiger partial charge in [-0.05, 0) is 43.2 Å². The van der Waals surface area contributed by atoms with Crippen LogP contribution in [0.4, 0.5) is 19.3 Å². The van der Waals surface area contributed by atoms with Crippen LogP contribution in [-0.4, -0.2) is 11.8 Å². The first-order chi connectivity index (χ1) is 11.0. The number of rotatable bonds is 5. The summed E-state index contributed by atoms with van der Waals surface area (Å²) in [5.74, 6) is -2.49. The Morgan fingerprint density at radius 2 is 1.87 bits per heavy atom. The Kier molecular flexibility index (Phi) is 5.98. The van der Waals surface area contributed by atoms with Gasteiger partial charge in [-0.15, -0.1) is 0 Å². The van der Waals surface area contributed by atoms with E-state index in [1.807, 2.05) is 38.1 Å². The lowest BCUT2D eigenvalue weighted by Crippen LogP contribution is -2.31. The molecule has 0 aliphatic carbocycles. The number of aryl methyl sites for hydroxylation is 1. The van der Waals surface area contributed by atoms with Gasteiger partial charge in [-0.1, -0.05) is 42.1 Å². The Hall–Kier alpha value is -2.08. The predicted molar refractivity (Wildman–Crippen MR) is 90.1 cm³/mol. The molecular formula is C17H18F2N2OS. The minimum atomic E-state index is -2.49. The number of amides is 2. The van der Waals surface area contributed by atoms with Crippen LogP contribution < -0.4 is 10.6 Å². The second-order valence-corrected chi connectivity index (χ2v) is 6.15. The third-order valence-corrected chi connectivity index (χ3v) is 4.02. The van der Waals surface area contributed by atoms with Crippen LogP contribution in [-0.2, 0) is 0 Å². The van der Waals surface area contributed by atoms with Crippen molar-refractivity contribution in [3.8, 4) is 0 Å². The molecule has 3 nitrogen and oxygen atoms in total. The minimum Gasteiger partial charge on any atom is -0.331 e. The Balaban J connectivity index is 1.98. The van der Waals surface area contributed by atoms with Crippen molar-refractivity contribution in [2.75, 3.05) is 5.32 Å². The van der Waals surface area contributed by atoms with Crippen molar-refractivity contribution in [3.63, 3.8) is 0 Å². The highest BCUT2D eigenvalue weighted by Crippen LogP contribution is 2.27. The van der Waals surface area contributed by atoms with Crippen molar-refractivity contribution in [1.82, 2.24) is 5.32 Å². The van der Waals surface area contributed by atoms with Gasteiger partial charge in [-0.3, -0.25) is 0 Å². The van der Waals surface area contributed by atoms with Crippen molar-refractivity contribution < 1.29 is 13.6 Å². The largest absolute Gasteiger partial charge is 0.331 e. The standard InChI is InChI=1S/C17H18F2N2OS/c1-11-6-3-4-9-15(11)12(2)20-17(22)21-13-7-5-8-14(10-13)23-16(18)19/h3-10,12,16H,1-2H3,(H2,20,21,22). The van der Waals surface area contributed by atoms with Crippen LogP contribution in [0.2, 0.25) is 0 Å². The fourth-order valence-corrected chi connectivity index (χ4v) is 2.82. The number of thioether (sulfide) groups is 1. The maximum absolute atomic E-state index is 12.4. The van der Waals surface area contributed by atoms with Crippen molar-refractivity contribution >= 4 is 23.5 Å². The van der Waals surface area contributed by atoms with Gasteiger partial charge in [0.1, 0.15) is 0 Å². The second kappa shape index (κ2) is 7.97. The molecule has 2 amide bonds. The normalized spacial score (nSPS) is 12.0. The van der Waals surface area contributed by atoms with E-state index >= 15 is 0 Å². The molecule has 1 atom stereocenters. The lowest BCUT2D eigenvalue weighted by Gasteiger charge is -2.17. The third kappa shape index (κ3) is 5.25. The number of carbonyl (C=O) groups excluding carboxylic acids is 1. The molecule has 0 heterocycles. The van der Waals surface area contributed by atoms with Gasteiger partial charge in [-0.2, -0.15) is 8.78 Å². The van der Waals surface area contributed by atoms with E-state index < -0.39 is 5.76 Å². The first-order valence-corrected chi connectivity index (χ1v) is 8.01. The van der Waals surface area contributed by atoms with Gasteiger partial charge in [0, 0.05) is 10.6 Å². The molecule has 0 aliphatic rings. The van der Waals surface area contributed by atoms with Gasteiger partial charge in [0.2, 0.25) is 0 Å². The molecule has 122 valence electrons. The van der Waals surface area contributed by atoms with E-state index in [9.17, 15) is 13.6 Å². The van der Waals surface area contributed by atoms with E-state index in [1.54, 1.807) is 18.2 Å². The van der Waals surface area contributed by atoms with E-state index in [0.29, 0.717) is 22.3 Å². The van der Waals surface area contributed by atoms with Crippen molar-refractivity contribution in [1.29, 1.82) is 0 Å². The Morgan fingerprint density at radius 1 is 1.13 bits per heavy atom. The number of halogens is 2. The number of alkyl halides is 2. The molecule has 0 bridgehead atoms. The highest BCUT2D eigenvalue weighted by Gasteiger charge is 2.12. The number of hydrogen-bond acceptors (Lipinski definition) is 2. The number of urea groups is 1. The predicted octanol–water partition coefficient (Wildman–Crippen LogP) is 5.19. The van der Waals surface area contributed by atoms with E-state index in [-0.39, 0.29) is 12.1 Å². The summed E-state index contributed by atoms with van der Waals surface area (Å²) < 4.78 is 24.8. The highest BCUT2D eigenvalue weighted by atomic mass is 32.2. The third-order valence-electron chi connectivity index (χ3n) is 3.32. The number of benzene rings is 2. The number of hydrogen-bond donors (Lipinski definition) is 2. The Morgan fingerprint density at radius 3 is 2.57 bits per heavy atom. The Labute approximate surface area is 138 Å². The van der Waals surface area contributed by atoms with Crippen molar-refractivity contribution in [2.45, 2.75) is 30.5 Å². The van der Waals surface area contributed by atoms with E-state index in [2.05, 4.69) is 10.6 Å². The number of carbonyl (C=O) groups is 1. The molecule has 0 saturated carbocycles. The van der Waals surface area contributed by atoms with E-state index in [1.165, 1.54) is 6.07 Å². The number of anilines is 1. The smallest absolute Gasteiger partial charge is 0.319 e. The van der Waals surface area contributed by atoms with Gasteiger partial charge < -0.3 is 10.6 Å². The van der Waals surface area contributed by atoms with Gasteiger partial charge >= 0.3 is 6.03 Å². The quantitative estimate of drug-likeness (QED) is 0.738. The molecule has 2 rings (SSSR count). The maximum atomic E-state index is 12.4. The molecule has 23 heavy (non-hydrogen) atoms. The zero-order valence-electron chi connectivity index (χ0n) is 12.8. The molecule has 0 aromatic heterocycles. The summed E-state index contributed by atoms with van der Waals surface area (Å²) in [5.41, 5.74) is 2.60. The topological polar surface area (TPSA) is 41.1 Å². The summed E-state index contributed by atoms with van der Waals surface area (Å²) in [7, 11) is 0. The van der Waals surface area contributed by atoms with Crippen LogP contribution >= 0.6 is 11.8 Å². The fraction of sp³-hybridized carbons (Fsp3) is 0.235. The van der Waals surface area contributed by atoms with Gasteiger partial charge in [-0.25, -0.2) is 4.79 Å². The lowest BCUT2D eigenvalue weighted by molar-refractivity contribution is 0.249. The zero-order chi connectivity index (χ0) is 16.8. The van der Waals surface area contributed by atoms with Crippen LogP contribution in [0.1, 0.15) is 24.1 Å². The Bertz CT molecular complexity index is 679. The summed E-state index contributed by atoms with van der Waals surface area (Å²) in [6.07, 6.45) is 0. The van der Waals surface area contributed by atoms with Crippen LogP contribution in [0.15, 0.2) is 53.4 Å². The lowest BCUT2D eigenvalue weighted by atomic mass is 10.0. The van der Waals surface area contributed by atoms with Gasteiger partial charge in [0.15, 0.2) is 0 Å². The van der Waals surface area contributed by atoms with E-state index in [4.69, 9.17) is 0 Å². The summed E-state index contributed by atoms with van der Waals surface area (Å²) >= 11 is 0.447. The first-order valence-electron chi connectivity index (χ1n) is 7.13. The molecule has 2 aromatic carbocycles. The molecular weight excluding hydrogens is 318 g/mol. The van der Waals surface area contributed by atoms with Crippen LogP contribution in [0, 0.1) is 6.92 Å². The summed E-state index contributed by atoms with van der Waals surface area (Å²) in [5, 5.41) is 5.51. The average molecular weight is 336 g/mol. The van der Waals surface area contributed by atoms with Crippen LogP contribution in [0.25, 0.3) is 0 Å². The molecule has 0 fully saturated rings. The van der Waals surface area contributed by atoms with Crippen molar-refractivity contribution in [2.24, 2.45) is 0 Å². The van der Waals surface area contributed by atoms with Crippen LogP contribution in [0.3, 0.4) is 0 Å². The molecule has 0 radical (unpaired) electrons. The first kappa shape index (κ1) is 17.3. The monoisotopic (exact) mass is 336 g/mol. The van der Waals surface area contributed by atoms with Gasteiger partial charge in [0.05, 0.1) is 6.04 Å². The molecule has 0 spiro atoms. The van der Waals surface area contributed by atoms with Crippen molar-refractivity contribution in [3.05, 3.63) is 59.7 Å². The maximum Gasteiger partial charge on any atom is 0.319 e.